The van der Waals surface area contributed by atoms with E-state index in [-0.39, 0.29) is 6.04 Å². The standard InChI is InChI=1S/C13H24N4O4/c1-2-5-17-6-3-9(4-7-17)15-13(21)16-10(12(19)20)8-11(14)18/h9-10H,2-8H2,1H3,(H2,14,18)(H,19,20)(H2,15,16,21). The number of urea groups is 1. The topological polar surface area (TPSA) is 125 Å². The molecule has 1 aliphatic heterocycles. The Bertz CT molecular complexity index is 380. The average Bonchev–Trinajstić information content (AvgIpc) is 2.40. The molecule has 0 bridgehead atoms. The normalized spacial score (nSPS) is 18.0. The van der Waals surface area contributed by atoms with E-state index in [1.165, 1.54) is 0 Å². The maximum atomic E-state index is 11.8. The zero-order chi connectivity index (χ0) is 15.8. The Balaban J connectivity index is 2.36. The number of nitrogens with two attached hydrogens (primary N) is 1. The summed E-state index contributed by atoms with van der Waals surface area (Å²) >= 11 is 0. The Morgan fingerprint density at radius 1 is 1.33 bits per heavy atom. The van der Waals surface area contributed by atoms with Crippen molar-refractivity contribution < 1.29 is 19.5 Å². The molecular weight excluding hydrogens is 276 g/mol. The minimum absolute atomic E-state index is 0.0288. The number of carboxylic acid groups (broad SMARTS) is 1. The molecule has 1 rings (SSSR count). The quantitative estimate of drug-likeness (QED) is 0.504. The van der Waals surface area contributed by atoms with E-state index in [1.54, 1.807) is 0 Å². The molecule has 21 heavy (non-hydrogen) atoms. The average molecular weight is 300 g/mol. The monoisotopic (exact) mass is 300 g/mol. The summed E-state index contributed by atoms with van der Waals surface area (Å²) < 4.78 is 0. The molecule has 1 unspecified atom stereocenters. The molecule has 0 radical (unpaired) electrons. The third-order valence-electron chi connectivity index (χ3n) is 3.47. The van der Waals surface area contributed by atoms with E-state index in [4.69, 9.17) is 10.8 Å². The van der Waals surface area contributed by atoms with Gasteiger partial charge in [0.15, 0.2) is 0 Å². The van der Waals surface area contributed by atoms with Gasteiger partial charge >= 0.3 is 12.0 Å². The number of carboxylic acids is 1. The highest BCUT2D eigenvalue weighted by atomic mass is 16.4. The van der Waals surface area contributed by atoms with Crippen LogP contribution in [0.4, 0.5) is 4.79 Å². The van der Waals surface area contributed by atoms with Crippen LogP contribution >= 0.6 is 0 Å². The number of rotatable bonds is 7. The van der Waals surface area contributed by atoms with Crippen LogP contribution in [0.3, 0.4) is 0 Å². The van der Waals surface area contributed by atoms with Crippen LogP contribution < -0.4 is 16.4 Å². The van der Waals surface area contributed by atoms with Gasteiger partial charge in [-0.25, -0.2) is 9.59 Å². The highest BCUT2D eigenvalue weighted by molar-refractivity contribution is 5.87. The van der Waals surface area contributed by atoms with Crippen molar-refractivity contribution in [2.75, 3.05) is 19.6 Å². The van der Waals surface area contributed by atoms with E-state index in [9.17, 15) is 14.4 Å². The summed E-state index contributed by atoms with van der Waals surface area (Å²) in [6, 6.07) is -1.83. The molecule has 1 atom stereocenters. The van der Waals surface area contributed by atoms with Crippen molar-refractivity contribution in [3.63, 3.8) is 0 Å². The summed E-state index contributed by atoms with van der Waals surface area (Å²) in [5, 5.41) is 13.9. The number of hydrogen-bond acceptors (Lipinski definition) is 4. The van der Waals surface area contributed by atoms with E-state index >= 15 is 0 Å². The van der Waals surface area contributed by atoms with Crippen LogP contribution in [0.25, 0.3) is 0 Å². The molecule has 0 aliphatic carbocycles. The summed E-state index contributed by atoms with van der Waals surface area (Å²) in [6.07, 6.45) is 2.35. The molecule has 8 heteroatoms. The zero-order valence-electron chi connectivity index (χ0n) is 12.3. The zero-order valence-corrected chi connectivity index (χ0v) is 12.3. The lowest BCUT2D eigenvalue weighted by atomic mass is 10.1. The molecule has 1 aliphatic rings. The molecule has 120 valence electrons. The first-order valence-corrected chi connectivity index (χ1v) is 7.22. The fraction of sp³-hybridized carbons (Fsp3) is 0.769. The van der Waals surface area contributed by atoms with Gasteiger partial charge in [0.05, 0.1) is 6.42 Å². The molecule has 0 aromatic carbocycles. The van der Waals surface area contributed by atoms with Gasteiger partial charge in [-0.15, -0.1) is 0 Å². The first kappa shape index (κ1) is 17.2. The molecule has 5 N–H and O–H groups in total. The van der Waals surface area contributed by atoms with Crippen molar-refractivity contribution in [3.8, 4) is 0 Å². The summed E-state index contributed by atoms with van der Waals surface area (Å²) in [4.78, 5) is 35.8. The lowest BCUT2D eigenvalue weighted by Crippen LogP contribution is -2.52. The number of carbonyl (C=O) groups is 3. The van der Waals surface area contributed by atoms with Gasteiger partial charge in [-0.3, -0.25) is 4.79 Å². The Labute approximate surface area is 124 Å². The van der Waals surface area contributed by atoms with Crippen LogP contribution in [0.2, 0.25) is 0 Å². The second-order valence-electron chi connectivity index (χ2n) is 5.29. The highest BCUT2D eigenvalue weighted by Crippen LogP contribution is 2.10. The molecule has 8 nitrogen and oxygen atoms in total. The number of piperidine rings is 1. The Hall–Kier alpha value is -1.83. The number of nitrogens with zero attached hydrogens (tertiary/aromatic N) is 1. The van der Waals surface area contributed by atoms with Crippen LogP contribution in [0, 0.1) is 0 Å². The van der Waals surface area contributed by atoms with Crippen molar-refractivity contribution in [2.24, 2.45) is 5.73 Å². The first-order valence-electron chi connectivity index (χ1n) is 7.22. The summed E-state index contributed by atoms with van der Waals surface area (Å²) in [5.74, 6) is -2.04. The van der Waals surface area contributed by atoms with Gasteiger partial charge < -0.3 is 26.4 Å². The predicted octanol–water partition coefficient (Wildman–Crippen LogP) is -0.511. The molecule has 0 aromatic heterocycles. The summed E-state index contributed by atoms with van der Waals surface area (Å²) in [5.41, 5.74) is 4.96. The lowest BCUT2D eigenvalue weighted by Gasteiger charge is -2.32. The van der Waals surface area contributed by atoms with Gasteiger partial charge in [0.2, 0.25) is 5.91 Å². The number of amides is 3. The third kappa shape index (κ3) is 6.44. The minimum atomic E-state index is -1.29. The maximum Gasteiger partial charge on any atom is 0.326 e. The molecule has 1 heterocycles. The van der Waals surface area contributed by atoms with Gasteiger partial charge in [-0.1, -0.05) is 6.92 Å². The molecule has 3 amide bonds. The Morgan fingerprint density at radius 3 is 2.43 bits per heavy atom. The van der Waals surface area contributed by atoms with Crippen molar-refractivity contribution in [1.82, 2.24) is 15.5 Å². The van der Waals surface area contributed by atoms with E-state index in [2.05, 4.69) is 22.5 Å². The lowest BCUT2D eigenvalue weighted by molar-refractivity contribution is -0.140. The van der Waals surface area contributed by atoms with E-state index < -0.39 is 30.4 Å². The first-order chi connectivity index (χ1) is 9.92. The molecule has 1 saturated heterocycles. The number of carbonyl (C=O) groups excluding carboxylic acids is 2. The van der Waals surface area contributed by atoms with Crippen LogP contribution in [0.5, 0.6) is 0 Å². The fourth-order valence-corrected chi connectivity index (χ4v) is 2.40. The van der Waals surface area contributed by atoms with Crippen molar-refractivity contribution >= 4 is 17.9 Å². The number of hydrogen-bond donors (Lipinski definition) is 4. The predicted molar refractivity (Wildman–Crippen MR) is 76.7 cm³/mol. The van der Waals surface area contributed by atoms with Gasteiger partial charge in [-0.2, -0.15) is 0 Å². The Kier molecular flexibility index (Phi) is 6.93. The SMILES string of the molecule is CCCN1CCC(NC(=O)NC(CC(N)=O)C(=O)O)CC1. The minimum Gasteiger partial charge on any atom is -0.480 e. The number of likely N-dealkylation sites (tertiary alicyclic amines) is 1. The van der Waals surface area contributed by atoms with Crippen LogP contribution in [-0.4, -0.2) is 59.6 Å². The molecule has 0 aromatic rings. The smallest absolute Gasteiger partial charge is 0.326 e. The number of nitrogens with one attached hydrogen (secondary N) is 2. The molecule has 0 saturated carbocycles. The van der Waals surface area contributed by atoms with Crippen molar-refractivity contribution in [2.45, 2.75) is 44.7 Å². The van der Waals surface area contributed by atoms with Gasteiger partial charge in [0, 0.05) is 19.1 Å². The Morgan fingerprint density at radius 2 is 1.95 bits per heavy atom. The van der Waals surface area contributed by atoms with Gasteiger partial charge in [0.25, 0.3) is 0 Å². The molecule has 0 spiro atoms. The van der Waals surface area contributed by atoms with Crippen molar-refractivity contribution in [3.05, 3.63) is 0 Å². The van der Waals surface area contributed by atoms with Crippen LogP contribution in [-0.2, 0) is 9.59 Å². The summed E-state index contributed by atoms with van der Waals surface area (Å²) in [6.45, 7) is 5.02. The molecular formula is C13H24N4O4. The number of aliphatic carboxylic acids is 1. The highest BCUT2D eigenvalue weighted by Gasteiger charge is 2.24. The van der Waals surface area contributed by atoms with Crippen LogP contribution in [0.15, 0.2) is 0 Å². The van der Waals surface area contributed by atoms with Gasteiger partial charge in [0.1, 0.15) is 6.04 Å². The fourth-order valence-electron chi connectivity index (χ4n) is 2.40. The van der Waals surface area contributed by atoms with Gasteiger partial charge in [-0.05, 0) is 25.8 Å². The number of primary amides is 1. The van der Waals surface area contributed by atoms with E-state index in [0.717, 1.165) is 38.9 Å². The van der Waals surface area contributed by atoms with E-state index in [0.29, 0.717) is 0 Å². The second-order valence-corrected chi connectivity index (χ2v) is 5.29. The summed E-state index contributed by atoms with van der Waals surface area (Å²) in [7, 11) is 0. The molecule has 1 fully saturated rings. The second kappa shape index (κ2) is 8.46. The van der Waals surface area contributed by atoms with Crippen molar-refractivity contribution in [1.29, 1.82) is 0 Å². The largest absolute Gasteiger partial charge is 0.480 e. The van der Waals surface area contributed by atoms with E-state index in [1.807, 2.05) is 0 Å². The maximum absolute atomic E-state index is 11.8. The van der Waals surface area contributed by atoms with Crippen LogP contribution in [0.1, 0.15) is 32.6 Å². The third-order valence-corrected chi connectivity index (χ3v) is 3.47.